The average molecular weight is 281 g/mol. The number of hydrogen-bond donors (Lipinski definition) is 1. The van der Waals surface area contributed by atoms with Crippen LogP contribution in [0.2, 0.25) is 0 Å². The molecule has 0 aliphatic heterocycles. The molecule has 1 aliphatic carbocycles. The summed E-state index contributed by atoms with van der Waals surface area (Å²) in [6.07, 6.45) is 4.14. The lowest BCUT2D eigenvalue weighted by Gasteiger charge is -2.42. The van der Waals surface area contributed by atoms with E-state index in [0.29, 0.717) is 11.6 Å². The van der Waals surface area contributed by atoms with Gasteiger partial charge in [-0.3, -0.25) is 0 Å². The van der Waals surface area contributed by atoms with E-state index in [4.69, 9.17) is 5.73 Å². The minimum Gasteiger partial charge on any atom is -0.384 e. The first-order valence-electron chi connectivity index (χ1n) is 7.53. The van der Waals surface area contributed by atoms with Crippen LogP contribution in [0.15, 0.2) is 30.5 Å². The average Bonchev–Trinajstić information content (AvgIpc) is 2.44. The fraction of sp³-hybridized carbons (Fsp3) is 0.444. The minimum absolute atomic E-state index is 0.196. The first-order chi connectivity index (χ1) is 9.79. The van der Waals surface area contributed by atoms with Gasteiger partial charge in [0.25, 0.3) is 0 Å². The third kappa shape index (κ3) is 2.41. The number of hydrogen-bond acceptors (Lipinski definition) is 3. The summed E-state index contributed by atoms with van der Waals surface area (Å²) in [5.41, 5.74) is 10.1. The Morgan fingerprint density at radius 2 is 1.62 bits per heavy atom. The van der Waals surface area contributed by atoms with Gasteiger partial charge < -0.3 is 5.73 Å². The van der Waals surface area contributed by atoms with Crippen LogP contribution >= 0.6 is 0 Å². The summed E-state index contributed by atoms with van der Waals surface area (Å²) in [5.74, 6) is 1.22. The molecule has 0 fully saturated rings. The maximum absolute atomic E-state index is 5.78. The van der Waals surface area contributed by atoms with Gasteiger partial charge in [-0.05, 0) is 46.9 Å². The molecule has 1 aromatic carbocycles. The van der Waals surface area contributed by atoms with Crippen LogP contribution in [-0.4, -0.2) is 9.97 Å². The van der Waals surface area contributed by atoms with Gasteiger partial charge >= 0.3 is 0 Å². The standard InChI is InChI=1S/C18H23N3/c1-17(2)8-9-18(3,4)14-11-12(5-6-13(14)17)16-20-10-7-15(19)21-16/h5-7,10-11H,8-9H2,1-4H3,(H2,19,20,21). The number of nitrogens with zero attached hydrogens (tertiary/aromatic N) is 2. The predicted molar refractivity (Wildman–Crippen MR) is 87.2 cm³/mol. The summed E-state index contributed by atoms with van der Waals surface area (Å²) in [7, 11) is 0. The summed E-state index contributed by atoms with van der Waals surface area (Å²) >= 11 is 0. The van der Waals surface area contributed by atoms with Gasteiger partial charge in [-0.15, -0.1) is 0 Å². The fourth-order valence-electron chi connectivity index (χ4n) is 3.24. The van der Waals surface area contributed by atoms with Crippen molar-refractivity contribution in [2.45, 2.75) is 51.4 Å². The molecule has 2 aromatic rings. The smallest absolute Gasteiger partial charge is 0.161 e. The number of rotatable bonds is 1. The zero-order valence-electron chi connectivity index (χ0n) is 13.3. The minimum atomic E-state index is 0.196. The molecule has 0 unspecified atom stereocenters. The van der Waals surface area contributed by atoms with E-state index in [1.54, 1.807) is 12.3 Å². The van der Waals surface area contributed by atoms with Gasteiger partial charge in [0.05, 0.1) is 0 Å². The second-order valence-electron chi connectivity index (χ2n) is 7.33. The van der Waals surface area contributed by atoms with E-state index in [0.717, 1.165) is 5.56 Å². The fourth-order valence-corrected chi connectivity index (χ4v) is 3.24. The number of nitrogens with two attached hydrogens (primary N) is 1. The molecule has 1 aromatic heterocycles. The van der Waals surface area contributed by atoms with Crippen LogP contribution in [0.5, 0.6) is 0 Å². The van der Waals surface area contributed by atoms with E-state index >= 15 is 0 Å². The van der Waals surface area contributed by atoms with E-state index in [-0.39, 0.29) is 10.8 Å². The van der Waals surface area contributed by atoms with Gasteiger partial charge in [0.2, 0.25) is 0 Å². The van der Waals surface area contributed by atoms with Gasteiger partial charge in [-0.1, -0.05) is 39.8 Å². The summed E-state index contributed by atoms with van der Waals surface area (Å²) in [4.78, 5) is 8.69. The van der Waals surface area contributed by atoms with Gasteiger partial charge in [0.15, 0.2) is 5.82 Å². The Labute approximate surface area is 126 Å². The molecule has 0 amide bonds. The molecule has 0 atom stereocenters. The maximum atomic E-state index is 5.78. The molecule has 110 valence electrons. The Bertz CT molecular complexity index is 687. The van der Waals surface area contributed by atoms with E-state index < -0.39 is 0 Å². The van der Waals surface area contributed by atoms with E-state index in [9.17, 15) is 0 Å². The second-order valence-corrected chi connectivity index (χ2v) is 7.33. The Kier molecular flexibility index (Phi) is 3.05. The quantitative estimate of drug-likeness (QED) is 0.857. The number of anilines is 1. The molecule has 0 saturated carbocycles. The zero-order chi connectivity index (χ0) is 15.3. The molecule has 0 radical (unpaired) electrons. The van der Waals surface area contributed by atoms with Gasteiger partial charge in [-0.2, -0.15) is 0 Å². The molecular formula is C18H23N3. The van der Waals surface area contributed by atoms with Gasteiger partial charge in [-0.25, -0.2) is 9.97 Å². The third-order valence-corrected chi connectivity index (χ3v) is 4.79. The topological polar surface area (TPSA) is 51.8 Å². The van der Waals surface area contributed by atoms with E-state index in [1.165, 1.54) is 24.0 Å². The summed E-state index contributed by atoms with van der Waals surface area (Å²) in [6, 6.07) is 8.34. The second kappa shape index (κ2) is 4.55. The first-order valence-corrected chi connectivity index (χ1v) is 7.53. The van der Waals surface area contributed by atoms with Gasteiger partial charge in [0, 0.05) is 11.8 Å². The molecule has 21 heavy (non-hydrogen) atoms. The maximum Gasteiger partial charge on any atom is 0.161 e. The van der Waals surface area contributed by atoms with Crippen molar-refractivity contribution in [3.63, 3.8) is 0 Å². The van der Waals surface area contributed by atoms with Crippen molar-refractivity contribution >= 4 is 5.82 Å². The van der Waals surface area contributed by atoms with Crippen LogP contribution in [0.25, 0.3) is 11.4 Å². The van der Waals surface area contributed by atoms with Crippen LogP contribution in [0, 0.1) is 0 Å². The molecule has 0 saturated heterocycles. The highest BCUT2D eigenvalue weighted by Gasteiger charge is 2.37. The highest BCUT2D eigenvalue weighted by molar-refractivity contribution is 5.61. The monoisotopic (exact) mass is 281 g/mol. The van der Waals surface area contributed by atoms with Crippen LogP contribution in [0.4, 0.5) is 5.82 Å². The van der Waals surface area contributed by atoms with Crippen LogP contribution < -0.4 is 5.73 Å². The van der Waals surface area contributed by atoms with E-state index in [2.05, 4.69) is 55.9 Å². The summed E-state index contributed by atoms with van der Waals surface area (Å²) in [6.45, 7) is 9.31. The number of aromatic nitrogens is 2. The zero-order valence-corrected chi connectivity index (χ0v) is 13.3. The Hall–Kier alpha value is -1.90. The Morgan fingerprint density at radius 1 is 0.952 bits per heavy atom. The van der Waals surface area contributed by atoms with Crippen molar-refractivity contribution in [3.8, 4) is 11.4 Å². The molecule has 3 nitrogen and oxygen atoms in total. The molecule has 1 aliphatic rings. The number of benzene rings is 1. The van der Waals surface area contributed by atoms with Crippen molar-refractivity contribution < 1.29 is 0 Å². The summed E-state index contributed by atoms with van der Waals surface area (Å²) < 4.78 is 0. The molecule has 3 heteroatoms. The number of fused-ring (bicyclic) bond motifs is 1. The van der Waals surface area contributed by atoms with Crippen LogP contribution in [0.3, 0.4) is 0 Å². The van der Waals surface area contributed by atoms with Crippen molar-refractivity contribution in [2.75, 3.05) is 5.73 Å². The lowest BCUT2D eigenvalue weighted by Crippen LogP contribution is -2.33. The van der Waals surface area contributed by atoms with Crippen molar-refractivity contribution in [1.82, 2.24) is 9.97 Å². The Balaban J connectivity index is 2.16. The lowest BCUT2D eigenvalue weighted by atomic mass is 9.63. The SMILES string of the molecule is CC1(C)CCC(C)(C)c2cc(-c3nccc(N)n3)ccc21. The first kappa shape index (κ1) is 14.1. The molecule has 0 spiro atoms. The molecular weight excluding hydrogens is 258 g/mol. The molecule has 1 heterocycles. The van der Waals surface area contributed by atoms with Crippen molar-refractivity contribution in [1.29, 1.82) is 0 Å². The highest BCUT2D eigenvalue weighted by atomic mass is 14.9. The van der Waals surface area contributed by atoms with E-state index in [1.807, 2.05) is 0 Å². The normalized spacial score (nSPS) is 19.0. The van der Waals surface area contributed by atoms with Crippen molar-refractivity contribution in [3.05, 3.63) is 41.6 Å². The molecule has 0 bridgehead atoms. The lowest BCUT2D eigenvalue weighted by molar-refractivity contribution is 0.332. The molecule has 3 rings (SSSR count). The largest absolute Gasteiger partial charge is 0.384 e. The molecule has 2 N–H and O–H groups in total. The van der Waals surface area contributed by atoms with Crippen LogP contribution in [0.1, 0.15) is 51.7 Å². The van der Waals surface area contributed by atoms with Crippen molar-refractivity contribution in [2.24, 2.45) is 0 Å². The van der Waals surface area contributed by atoms with Crippen LogP contribution in [-0.2, 0) is 10.8 Å². The summed E-state index contributed by atoms with van der Waals surface area (Å²) in [5, 5.41) is 0. The number of nitrogen functional groups attached to an aromatic ring is 1. The third-order valence-electron chi connectivity index (χ3n) is 4.79. The highest BCUT2D eigenvalue weighted by Crippen LogP contribution is 2.46. The predicted octanol–water partition coefficient (Wildman–Crippen LogP) is 4.07. The van der Waals surface area contributed by atoms with Gasteiger partial charge in [0.1, 0.15) is 5.82 Å². The Morgan fingerprint density at radius 3 is 2.29 bits per heavy atom.